The SMILES string of the molecule is CC1CCC(CCNC(=O)C(C)CN)CC1. The molecule has 1 unspecified atom stereocenters. The molecule has 0 aromatic rings. The van der Waals surface area contributed by atoms with E-state index in [1.807, 2.05) is 6.92 Å². The first kappa shape index (κ1) is 13.5. The first-order chi connectivity index (χ1) is 7.63. The van der Waals surface area contributed by atoms with Gasteiger partial charge in [-0.3, -0.25) is 4.79 Å². The Labute approximate surface area is 99.2 Å². The Kier molecular flexibility index (Phi) is 5.81. The second-order valence-electron chi connectivity index (χ2n) is 5.34. The fraction of sp³-hybridized carbons (Fsp3) is 0.923. The van der Waals surface area contributed by atoms with E-state index in [0.717, 1.165) is 24.8 Å². The van der Waals surface area contributed by atoms with Gasteiger partial charge >= 0.3 is 0 Å². The van der Waals surface area contributed by atoms with E-state index in [2.05, 4.69) is 12.2 Å². The number of carbonyl (C=O) groups is 1. The van der Waals surface area contributed by atoms with Gasteiger partial charge in [-0.2, -0.15) is 0 Å². The highest BCUT2D eigenvalue weighted by molar-refractivity contribution is 5.78. The van der Waals surface area contributed by atoms with Crippen LogP contribution in [0.15, 0.2) is 0 Å². The van der Waals surface area contributed by atoms with Crippen LogP contribution in [0.4, 0.5) is 0 Å². The molecule has 3 nitrogen and oxygen atoms in total. The highest BCUT2D eigenvalue weighted by Gasteiger charge is 2.18. The topological polar surface area (TPSA) is 55.1 Å². The molecule has 1 saturated carbocycles. The van der Waals surface area contributed by atoms with Gasteiger partial charge in [0.25, 0.3) is 0 Å². The van der Waals surface area contributed by atoms with Gasteiger partial charge in [0.15, 0.2) is 0 Å². The van der Waals surface area contributed by atoms with Gasteiger partial charge in [-0.1, -0.05) is 39.5 Å². The minimum Gasteiger partial charge on any atom is -0.356 e. The predicted molar refractivity (Wildman–Crippen MR) is 67.0 cm³/mol. The van der Waals surface area contributed by atoms with E-state index in [9.17, 15) is 4.79 Å². The van der Waals surface area contributed by atoms with Crippen LogP contribution in [0.1, 0.15) is 46.0 Å². The summed E-state index contributed by atoms with van der Waals surface area (Å²) in [6, 6.07) is 0. The lowest BCUT2D eigenvalue weighted by Crippen LogP contribution is -2.34. The molecule has 1 aliphatic carbocycles. The monoisotopic (exact) mass is 226 g/mol. The minimum absolute atomic E-state index is 0.0496. The Morgan fingerprint density at radius 2 is 2.00 bits per heavy atom. The molecular formula is C13H26N2O. The second-order valence-corrected chi connectivity index (χ2v) is 5.34. The van der Waals surface area contributed by atoms with Crippen molar-refractivity contribution in [3.8, 4) is 0 Å². The molecule has 1 amide bonds. The molecule has 1 fully saturated rings. The summed E-state index contributed by atoms with van der Waals surface area (Å²) in [6.07, 6.45) is 6.53. The van der Waals surface area contributed by atoms with Gasteiger partial charge in [0.05, 0.1) is 0 Å². The van der Waals surface area contributed by atoms with Crippen molar-refractivity contribution < 1.29 is 4.79 Å². The number of rotatable bonds is 5. The van der Waals surface area contributed by atoms with Crippen molar-refractivity contribution in [2.24, 2.45) is 23.5 Å². The molecule has 1 atom stereocenters. The molecular weight excluding hydrogens is 200 g/mol. The van der Waals surface area contributed by atoms with Gasteiger partial charge in [0.1, 0.15) is 0 Å². The zero-order chi connectivity index (χ0) is 12.0. The smallest absolute Gasteiger partial charge is 0.224 e. The summed E-state index contributed by atoms with van der Waals surface area (Å²) in [6.45, 7) is 5.47. The van der Waals surface area contributed by atoms with E-state index in [4.69, 9.17) is 5.73 Å². The Bertz CT molecular complexity index is 210. The number of nitrogens with one attached hydrogen (secondary N) is 1. The van der Waals surface area contributed by atoms with E-state index in [-0.39, 0.29) is 11.8 Å². The molecule has 3 heteroatoms. The van der Waals surface area contributed by atoms with Gasteiger partial charge in [0.2, 0.25) is 5.91 Å². The highest BCUT2D eigenvalue weighted by Crippen LogP contribution is 2.29. The number of hydrogen-bond donors (Lipinski definition) is 2. The van der Waals surface area contributed by atoms with Crippen LogP contribution in [0, 0.1) is 17.8 Å². The van der Waals surface area contributed by atoms with E-state index in [1.54, 1.807) is 0 Å². The zero-order valence-corrected chi connectivity index (χ0v) is 10.7. The lowest BCUT2D eigenvalue weighted by molar-refractivity contribution is -0.124. The molecule has 1 aliphatic rings. The summed E-state index contributed by atoms with van der Waals surface area (Å²) >= 11 is 0. The number of nitrogens with two attached hydrogens (primary N) is 1. The van der Waals surface area contributed by atoms with Gasteiger partial charge < -0.3 is 11.1 Å². The maximum absolute atomic E-state index is 11.5. The minimum atomic E-state index is -0.0496. The Balaban J connectivity index is 2.09. The quantitative estimate of drug-likeness (QED) is 0.752. The lowest BCUT2D eigenvalue weighted by atomic mass is 9.81. The van der Waals surface area contributed by atoms with E-state index < -0.39 is 0 Å². The van der Waals surface area contributed by atoms with E-state index in [1.165, 1.54) is 25.7 Å². The van der Waals surface area contributed by atoms with Crippen molar-refractivity contribution in [2.45, 2.75) is 46.0 Å². The standard InChI is InChI=1S/C13H26N2O/c1-10-3-5-12(6-4-10)7-8-15-13(16)11(2)9-14/h10-12H,3-9,14H2,1-2H3,(H,15,16). The highest BCUT2D eigenvalue weighted by atomic mass is 16.1. The number of amides is 1. The van der Waals surface area contributed by atoms with Crippen molar-refractivity contribution in [3.63, 3.8) is 0 Å². The van der Waals surface area contributed by atoms with Crippen LogP contribution < -0.4 is 11.1 Å². The molecule has 0 saturated heterocycles. The second kappa shape index (κ2) is 6.89. The molecule has 0 aromatic heterocycles. The molecule has 3 N–H and O–H groups in total. The van der Waals surface area contributed by atoms with Crippen molar-refractivity contribution in [1.82, 2.24) is 5.32 Å². The predicted octanol–water partition coefficient (Wildman–Crippen LogP) is 1.91. The van der Waals surface area contributed by atoms with Crippen molar-refractivity contribution in [2.75, 3.05) is 13.1 Å². The van der Waals surface area contributed by atoms with Crippen LogP contribution in [-0.2, 0) is 4.79 Å². The molecule has 0 aromatic carbocycles. The van der Waals surface area contributed by atoms with Crippen LogP contribution in [0.3, 0.4) is 0 Å². The van der Waals surface area contributed by atoms with Gasteiger partial charge in [-0.05, 0) is 18.3 Å². The third kappa shape index (κ3) is 4.52. The van der Waals surface area contributed by atoms with Crippen LogP contribution in [0.25, 0.3) is 0 Å². The maximum atomic E-state index is 11.5. The first-order valence-corrected chi connectivity index (χ1v) is 6.61. The fourth-order valence-corrected chi connectivity index (χ4v) is 2.30. The molecule has 0 bridgehead atoms. The van der Waals surface area contributed by atoms with Gasteiger partial charge in [0, 0.05) is 19.0 Å². The number of carbonyl (C=O) groups excluding carboxylic acids is 1. The summed E-state index contributed by atoms with van der Waals surface area (Å²) in [7, 11) is 0. The lowest BCUT2D eigenvalue weighted by Gasteiger charge is -2.26. The molecule has 0 spiro atoms. The average molecular weight is 226 g/mol. The normalized spacial score (nSPS) is 27.4. The largest absolute Gasteiger partial charge is 0.356 e. The fourth-order valence-electron chi connectivity index (χ4n) is 2.30. The summed E-state index contributed by atoms with van der Waals surface area (Å²) in [5.41, 5.74) is 5.44. The Morgan fingerprint density at radius 1 is 1.38 bits per heavy atom. The summed E-state index contributed by atoms with van der Waals surface area (Å²) in [5.74, 6) is 1.78. The molecule has 1 rings (SSSR count). The Hall–Kier alpha value is -0.570. The van der Waals surface area contributed by atoms with Gasteiger partial charge in [-0.15, -0.1) is 0 Å². The number of hydrogen-bond acceptors (Lipinski definition) is 2. The molecule has 0 heterocycles. The molecule has 16 heavy (non-hydrogen) atoms. The maximum Gasteiger partial charge on any atom is 0.224 e. The molecule has 0 radical (unpaired) electrons. The average Bonchev–Trinajstić information content (AvgIpc) is 2.30. The van der Waals surface area contributed by atoms with Gasteiger partial charge in [-0.25, -0.2) is 0 Å². The van der Waals surface area contributed by atoms with Crippen LogP contribution in [0.2, 0.25) is 0 Å². The van der Waals surface area contributed by atoms with Crippen LogP contribution in [0.5, 0.6) is 0 Å². The van der Waals surface area contributed by atoms with Crippen molar-refractivity contribution in [3.05, 3.63) is 0 Å². The third-order valence-corrected chi connectivity index (χ3v) is 3.79. The van der Waals surface area contributed by atoms with E-state index >= 15 is 0 Å². The first-order valence-electron chi connectivity index (χ1n) is 6.61. The molecule has 94 valence electrons. The summed E-state index contributed by atoms with van der Waals surface area (Å²) < 4.78 is 0. The van der Waals surface area contributed by atoms with Crippen molar-refractivity contribution >= 4 is 5.91 Å². The molecule has 0 aliphatic heterocycles. The Morgan fingerprint density at radius 3 is 2.56 bits per heavy atom. The summed E-state index contributed by atoms with van der Waals surface area (Å²) in [4.78, 5) is 11.5. The van der Waals surface area contributed by atoms with E-state index in [0.29, 0.717) is 6.54 Å². The van der Waals surface area contributed by atoms with Crippen LogP contribution in [-0.4, -0.2) is 19.0 Å². The van der Waals surface area contributed by atoms with Crippen LogP contribution >= 0.6 is 0 Å². The summed E-state index contributed by atoms with van der Waals surface area (Å²) in [5, 5.41) is 2.97. The van der Waals surface area contributed by atoms with Crippen molar-refractivity contribution in [1.29, 1.82) is 0 Å². The third-order valence-electron chi connectivity index (χ3n) is 3.79. The zero-order valence-electron chi connectivity index (χ0n) is 10.7.